The molecule has 1 fully saturated rings. The van der Waals surface area contributed by atoms with E-state index in [0.29, 0.717) is 61.8 Å². The molecule has 0 unspecified atom stereocenters. The van der Waals surface area contributed by atoms with Crippen molar-refractivity contribution in [2.45, 2.75) is 32.5 Å². The minimum atomic E-state index is -4.38. The Labute approximate surface area is 188 Å². The van der Waals surface area contributed by atoms with Crippen molar-refractivity contribution in [2.24, 2.45) is 0 Å². The van der Waals surface area contributed by atoms with Gasteiger partial charge in [-0.05, 0) is 36.6 Å². The molecule has 0 atom stereocenters. The van der Waals surface area contributed by atoms with Crippen LogP contribution in [0.2, 0.25) is 0 Å². The van der Waals surface area contributed by atoms with Crippen LogP contribution >= 0.6 is 0 Å². The average molecular weight is 464 g/mol. The standard InChI is InChI=1S/C23H24F4N4O2/c1-15-28-14-21(33-15)19-7-6-18(12-20(19)24)30-8-10-31(11-9-30)22(32)29-13-16-2-4-17(5-3-16)23(25,26)27/h2-5,12,14H,6-11,13H2,1H3,(H,29,32). The molecule has 10 heteroatoms. The molecule has 1 aromatic carbocycles. The highest BCUT2D eigenvalue weighted by Crippen LogP contribution is 2.34. The van der Waals surface area contributed by atoms with Gasteiger partial charge in [0, 0.05) is 50.9 Å². The molecule has 1 aliphatic carbocycles. The zero-order chi connectivity index (χ0) is 23.6. The van der Waals surface area contributed by atoms with Gasteiger partial charge >= 0.3 is 12.2 Å². The number of aryl methyl sites for hydroxylation is 1. The van der Waals surface area contributed by atoms with E-state index in [4.69, 9.17) is 4.42 Å². The summed E-state index contributed by atoms with van der Waals surface area (Å²) in [6.45, 7) is 3.94. The van der Waals surface area contributed by atoms with Crippen LogP contribution in [0.25, 0.3) is 5.57 Å². The Balaban J connectivity index is 1.28. The van der Waals surface area contributed by atoms with Crippen LogP contribution in [-0.2, 0) is 12.7 Å². The number of halogens is 4. The number of aromatic nitrogens is 1. The van der Waals surface area contributed by atoms with E-state index in [0.717, 1.165) is 17.8 Å². The highest BCUT2D eigenvalue weighted by Gasteiger charge is 2.30. The molecule has 33 heavy (non-hydrogen) atoms. The molecule has 0 bridgehead atoms. The molecule has 176 valence electrons. The fraction of sp³-hybridized carbons (Fsp3) is 0.391. The molecule has 2 heterocycles. The fourth-order valence-electron chi connectivity index (χ4n) is 3.97. The van der Waals surface area contributed by atoms with Crippen molar-refractivity contribution in [1.29, 1.82) is 0 Å². The van der Waals surface area contributed by atoms with Crippen LogP contribution in [0.15, 0.2) is 52.5 Å². The summed E-state index contributed by atoms with van der Waals surface area (Å²) in [5.74, 6) is 0.617. The Morgan fingerprint density at radius 2 is 1.82 bits per heavy atom. The maximum Gasteiger partial charge on any atom is 0.416 e. The Morgan fingerprint density at radius 1 is 1.12 bits per heavy atom. The number of allylic oxidation sites excluding steroid dienone is 4. The largest absolute Gasteiger partial charge is 0.441 e. The van der Waals surface area contributed by atoms with Crippen LogP contribution in [0.4, 0.5) is 22.4 Å². The van der Waals surface area contributed by atoms with Crippen LogP contribution in [0.1, 0.15) is 35.6 Å². The van der Waals surface area contributed by atoms with Crippen molar-refractivity contribution in [1.82, 2.24) is 20.1 Å². The third kappa shape index (κ3) is 5.37. The monoisotopic (exact) mass is 464 g/mol. The number of carbonyl (C=O) groups is 1. The molecule has 2 aromatic rings. The normalized spacial score (nSPS) is 17.3. The number of hydrogen-bond donors (Lipinski definition) is 1. The van der Waals surface area contributed by atoms with Crippen molar-refractivity contribution in [3.8, 4) is 0 Å². The minimum Gasteiger partial charge on any atom is -0.441 e. The summed E-state index contributed by atoms with van der Waals surface area (Å²) < 4.78 is 58.0. The Hall–Kier alpha value is -3.30. The van der Waals surface area contributed by atoms with Gasteiger partial charge in [-0.25, -0.2) is 14.2 Å². The number of alkyl halides is 3. The van der Waals surface area contributed by atoms with Crippen molar-refractivity contribution < 1.29 is 26.8 Å². The predicted octanol–water partition coefficient (Wildman–Crippen LogP) is 4.89. The molecule has 1 saturated heterocycles. The maximum atomic E-state index is 14.7. The first-order valence-corrected chi connectivity index (χ1v) is 10.7. The number of amides is 2. The molecule has 2 amide bonds. The second-order valence-electron chi connectivity index (χ2n) is 8.03. The third-order valence-electron chi connectivity index (χ3n) is 5.83. The van der Waals surface area contributed by atoms with Gasteiger partial charge in [-0.15, -0.1) is 0 Å². The molecule has 1 N–H and O–H groups in total. The van der Waals surface area contributed by atoms with Crippen molar-refractivity contribution in [3.63, 3.8) is 0 Å². The lowest BCUT2D eigenvalue weighted by atomic mass is 9.99. The van der Waals surface area contributed by atoms with E-state index in [1.54, 1.807) is 11.8 Å². The van der Waals surface area contributed by atoms with E-state index in [1.807, 2.05) is 0 Å². The summed E-state index contributed by atoms with van der Waals surface area (Å²) in [6, 6.07) is 4.43. The Bertz CT molecular complexity index is 1060. The van der Waals surface area contributed by atoms with Gasteiger partial charge in [0.15, 0.2) is 11.7 Å². The fourth-order valence-corrected chi connectivity index (χ4v) is 3.97. The van der Waals surface area contributed by atoms with Gasteiger partial charge in [0.1, 0.15) is 5.83 Å². The molecule has 0 radical (unpaired) electrons. The lowest BCUT2D eigenvalue weighted by Gasteiger charge is -2.38. The van der Waals surface area contributed by atoms with Gasteiger partial charge in [0.25, 0.3) is 0 Å². The van der Waals surface area contributed by atoms with Crippen LogP contribution in [-0.4, -0.2) is 47.0 Å². The van der Waals surface area contributed by atoms with Crippen LogP contribution < -0.4 is 5.32 Å². The predicted molar refractivity (Wildman–Crippen MR) is 113 cm³/mol. The van der Waals surface area contributed by atoms with Crippen LogP contribution in [0.5, 0.6) is 0 Å². The molecule has 6 nitrogen and oxygen atoms in total. The van der Waals surface area contributed by atoms with Gasteiger partial charge in [-0.1, -0.05) is 12.1 Å². The zero-order valence-corrected chi connectivity index (χ0v) is 18.1. The highest BCUT2D eigenvalue weighted by molar-refractivity contribution is 5.74. The number of piperazine rings is 1. The van der Waals surface area contributed by atoms with E-state index >= 15 is 0 Å². The quantitative estimate of drug-likeness (QED) is 0.655. The zero-order valence-electron chi connectivity index (χ0n) is 18.1. The Kier molecular flexibility index (Phi) is 6.44. The van der Waals surface area contributed by atoms with Gasteiger partial charge in [-0.2, -0.15) is 13.2 Å². The first kappa shape index (κ1) is 22.9. The van der Waals surface area contributed by atoms with Crippen molar-refractivity contribution in [2.75, 3.05) is 26.2 Å². The topological polar surface area (TPSA) is 61.6 Å². The molecule has 2 aliphatic rings. The number of nitrogens with one attached hydrogen (secondary N) is 1. The summed E-state index contributed by atoms with van der Waals surface area (Å²) in [6.07, 6.45) is -0.143. The number of hydrogen-bond acceptors (Lipinski definition) is 4. The van der Waals surface area contributed by atoms with Crippen molar-refractivity contribution >= 4 is 11.6 Å². The molecule has 1 aromatic heterocycles. The summed E-state index contributed by atoms with van der Waals surface area (Å²) in [7, 11) is 0. The Morgan fingerprint density at radius 3 is 2.39 bits per heavy atom. The van der Waals surface area contributed by atoms with E-state index in [-0.39, 0.29) is 18.4 Å². The summed E-state index contributed by atoms with van der Waals surface area (Å²) in [5.41, 5.74) is 1.26. The number of carbonyl (C=O) groups excluding carboxylic acids is 1. The maximum absolute atomic E-state index is 14.7. The SMILES string of the molecule is Cc1ncc(C2=C(F)C=C(N3CCN(C(=O)NCc4ccc(C(F)(F)F)cc4)CC3)CC2)o1. The molecular formula is C23H24F4N4O2. The summed E-state index contributed by atoms with van der Waals surface area (Å²) in [5, 5.41) is 2.74. The highest BCUT2D eigenvalue weighted by atomic mass is 19.4. The first-order valence-electron chi connectivity index (χ1n) is 10.7. The number of benzene rings is 1. The van der Waals surface area contributed by atoms with E-state index in [9.17, 15) is 22.4 Å². The lowest BCUT2D eigenvalue weighted by molar-refractivity contribution is -0.137. The first-order chi connectivity index (χ1) is 15.7. The number of oxazole rings is 1. The molecule has 4 rings (SSSR count). The van der Waals surface area contributed by atoms with E-state index in [2.05, 4.69) is 15.2 Å². The van der Waals surface area contributed by atoms with E-state index in [1.165, 1.54) is 24.4 Å². The van der Waals surface area contributed by atoms with Gasteiger partial charge < -0.3 is 19.5 Å². The lowest BCUT2D eigenvalue weighted by Crippen LogP contribution is -2.51. The van der Waals surface area contributed by atoms with Gasteiger partial charge in [0.05, 0.1) is 11.8 Å². The van der Waals surface area contributed by atoms with Crippen LogP contribution in [0.3, 0.4) is 0 Å². The number of rotatable bonds is 4. The molecule has 0 spiro atoms. The number of urea groups is 1. The third-order valence-corrected chi connectivity index (χ3v) is 5.83. The number of nitrogens with zero attached hydrogens (tertiary/aromatic N) is 3. The summed E-state index contributed by atoms with van der Waals surface area (Å²) >= 11 is 0. The smallest absolute Gasteiger partial charge is 0.416 e. The van der Waals surface area contributed by atoms with Gasteiger partial charge in [0.2, 0.25) is 0 Å². The molecule has 0 saturated carbocycles. The van der Waals surface area contributed by atoms with E-state index < -0.39 is 11.7 Å². The second kappa shape index (κ2) is 9.29. The molecular weight excluding hydrogens is 440 g/mol. The second-order valence-corrected chi connectivity index (χ2v) is 8.03. The summed E-state index contributed by atoms with van der Waals surface area (Å²) in [4.78, 5) is 20.2. The van der Waals surface area contributed by atoms with Crippen LogP contribution in [0, 0.1) is 6.92 Å². The van der Waals surface area contributed by atoms with Crippen molar-refractivity contribution in [3.05, 3.63) is 70.8 Å². The van der Waals surface area contributed by atoms with Gasteiger partial charge in [-0.3, -0.25) is 0 Å². The minimum absolute atomic E-state index is 0.141. The average Bonchev–Trinajstić information content (AvgIpc) is 3.23. The molecule has 1 aliphatic heterocycles.